The summed E-state index contributed by atoms with van der Waals surface area (Å²) in [5.41, 5.74) is 0.688. The fourth-order valence-electron chi connectivity index (χ4n) is 1.41. The molecule has 1 unspecified atom stereocenters. The van der Waals surface area contributed by atoms with Gasteiger partial charge in [0.2, 0.25) is 5.88 Å². The number of nitrogens with zero attached hydrogens (tertiary/aromatic N) is 1. The molecule has 0 radical (unpaired) electrons. The van der Waals surface area contributed by atoms with Crippen LogP contribution < -0.4 is 4.74 Å². The molecule has 1 aromatic heterocycles. The Bertz CT molecular complexity index is 560. The van der Waals surface area contributed by atoms with E-state index in [1.54, 1.807) is 25.1 Å². The second kappa shape index (κ2) is 5.46. The van der Waals surface area contributed by atoms with E-state index in [-0.39, 0.29) is 5.82 Å². The number of aliphatic hydroxyl groups excluding tert-OH is 1. The third-order valence-corrected chi connectivity index (χ3v) is 3.00. The average Bonchev–Trinajstić information content (AvgIpc) is 2.34. The monoisotopic (exact) mass is 311 g/mol. The Morgan fingerprint density at radius 2 is 2.11 bits per heavy atom. The number of hydrogen-bond acceptors (Lipinski definition) is 3. The molecule has 0 aliphatic carbocycles. The molecule has 3 nitrogen and oxygen atoms in total. The molecule has 1 heterocycles. The van der Waals surface area contributed by atoms with Gasteiger partial charge in [0.1, 0.15) is 11.6 Å². The van der Waals surface area contributed by atoms with Gasteiger partial charge in [0.15, 0.2) is 0 Å². The molecule has 0 aliphatic heterocycles. The smallest absolute Gasteiger partial charge is 0.219 e. The Hall–Kier alpha value is -1.46. The van der Waals surface area contributed by atoms with Crippen molar-refractivity contribution in [2.45, 2.75) is 13.0 Å². The van der Waals surface area contributed by atoms with Crippen LogP contribution in [0.4, 0.5) is 4.39 Å². The summed E-state index contributed by atoms with van der Waals surface area (Å²) in [4.78, 5) is 4.01. The maximum absolute atomic E-state index is 13.1. The van der Waals surface area contributed by atoms with E-state index in [2.05, 4.69) is 20.9 Å². The number of ether oxygens (including phenoxy) is 1. The number of benzene rings is 1. The highest BCUT2D eigenvalue weighted by Gasteiger charge is 2.07. The topological polar surface area (TPSA) is 42.4 Å². The highest BCUT2D eigenvalue weighted by atomic mass is 79.9. The van der Waals surface area contributed by atoms with Gasteiger partial charge in [-0.2, -0.15) is 0 Å². The van der Waals surface area contributed by atoms with Gasteiger partial charge in [-0.05, 0) is 46.6 Å². The average molecular weight is 312 g/mol. The molecule has 0 amide bonds. The van der Waals surface area contributed by atoms with Crippen molar-refractivity contribution >= 4 is 15.9 Å². The molecule has 0 spiro atoms. The van der Waals surface area contributed by atoms with E-state index in [4.69, 9.17) is 4.74 Å². The zero-order chi connectivity index (χ0) is 13.1. The molecular weight excluding hydrogens is 301 g/mol. The minimum Gasteiger partial charge on any atom is -0.438 e. The van der Waals surface area contributed by atoms with Crippen molar-refractivity contribution in [2.75, 3.05) is 0 Å². The van der Waals surface area contributed by atoms with Gasteiger partial charge in [-0.15, -0.1) is 0 Å². The number of rotatable bonds is 3. The van der Waals surface area contributed by atoms with Crippen molar-refractivity contribution < 1.29 is 14.2 Å². The molecule has 0 bridgehead atoms. The van der Waals surface area contributed by atoms with Crippen LogP contribution >= 0.6 is 15.9 Å². The first-order valence-corrected chi connectivity index (χ1v) is 6.12. The lowest BCUT2D eigenvalue weighted by Gasteiger charge is -2.09. The molecule has 1 atom stereocenters. The summed E-state index contributed by atoms with van der Waals surface area (Å²) in [5.74, 6) is 0.254. The Morgan fingerprint density at radius 1 is 1.33 bits per heavy atom. The van der Waals surface area contributed by atoms with Gasteiger partial charge in [-0.3, -0.25) is 0 Å². The first-order chi connectivity index (χ1) is 8.56. The van der Waals surface area contributed by atoms with E-state index in [1.807, 2.05) is 0 Å². The van der Waals surface area contributed by atoms with E-state index >= 15 is 0 Å². The van der Waals surface area contributed by atoms with E-state index in [9.17, 15) is 9.50 Å². The predicted octanol–water partition coefficient (Wildman–Crippen LogP) is 3.83. The summed E-state index contributed by atoms with van der Waals surface area (Å²) < 4.78 is 19.2. The Morgan fingerprint density at radius 3 is 2.83 bits per heavy atom. The molecule has 94 valence electrons. The maximum Gasteiger partial charge on any atom is 0.219 e. The SMILES string of the molecule is CC(O)c1ccnc(Oc2cc(F)ccc2Br)c1. The van der Waals surface area contributed by atoms with Gasteiger partial charge >= 0.3 is 0 Å². The number of aromatic nitrogens is 1. The third-order valence-electron chi connectivity index (χ3n) is 2.35. The predicted molar refractivity (Wildman–Crippen MR) is 69.0 cm³/mol. The Balaban J connectivity index is 2.28. The van der Waals surface area contributed by atoms with Gasteiger partial charge in [0, 0.05) is 18.3 Å². The standard InChI is InChI=1S/C13H11BrFNO2/c1-8(17)9-4-5-16-13(6-9)18-12-7-10(15)2-3-11(12)14/h2-8,17H,1H3. The maximum atomic E-state index is 13.1. The van der Waals surface area contributed by atoms with Crippen LogP contribution in [0, 0.1) is 5.82 Å². The largest absolute Gasteiger partial charge is 0.438 e. The van der Waals surface area contributed by atoms with E-state index in [0.717, 1.165) is 0 Å². The second-order valence-corrected chi connectivity index (χ2v) is 4.63. The number of hydrogen-bond donors (Lipinski definition) is 1. The summed E-state index contributed by atoms with van der Waals surface area (Å²) in [6.45, 7) is 1.65. The highest BCUT2D eigenvalue weighted by molar-refractivity contribution is 9.10. The Labute approximate surface area is 112 Å². The lowest BCUT2D eigenvalue weighted by atomic mass is 10.2. The molecule has 0 fully saturated rings. The number of halogens is 2. The zero-order valence-electron chi connectivity index (χ0n) is 9.60. The van der Waals surface area contributed by atoms with Crippen LogP contribution in [0.1, 0.15) is 18.6 Å². The normalized spacial score (nSPS) is 12.2. The molecule has 1 N–H and O–H groups in total. The molecule has 2 aromatic rings. The van der Waals surface area contributed by atoms with Gasteiger partial charge in [0.25, 0.3) is 0 Å². The van der Waals surface area contributed by atoms with E-state index in [0.29, 0.717) is 21.7 Å². The summed E-state index contributed by atoms with van der Waals surface area (Å²) in [7, 11) is 0. The van der Waals surface area contributed by atoms with Crippen molar-refractivity contribution in [2.24, 2.45) is 0 Å². The van der Waals surface area contributed by atoms with Crippen LogP contribution in [-0.4, -0.2) is 10.1 Å². The molecule has 0 aliphatic rings. The highest BCUT2D eigenvalue weighted by Crippen LogP contribution is 2.30. The molecular formula is C13H11BrFNO2. The lowest BCUT2D eigenvalue weighted by molar-refractivity contribution is 0.198. The molecule has 18 heavy (non-hydrogen) atoms. The van der Waals surface area contributed by atoms with Crippen LogP contribution in [0.2, 0.25) is 0 Å². The minimum absolute atomic E-state index is 0.305. The van der Waals surface area contributed by atoms with Crippen LogP contribution in [0.5, 0.6) is 11.6 Å². The summed E-state index contributed by atoms with van der Waals surface area (Å²) in [6, 6.07) is 7.46. The first-order valence-electron chi connectivity index (χ1n) is 5.33. The molecule has 0 saturated heterocycles. The molecule has 0 saturated carbocycles. The van der Waals surface area contributed by atoms with Gasteiger partial charge in [-0.25, -0.2) is 9.37 Å². The minimum atomic E-state index is -0.605. The Kier molecular flexibility index (Phi) is 3.93. The van der Waals surface area contributed by atoms with Crippen LogP contribution in [0.3, 0.4) is 0 Å². The first kappa shape index (κ1) is 13.0. The van der Waals surface area contributed by atoms with Gasteiger partial charge in [0.05, 0.1) is 10.6 Å². The van der Waals surface area contributed by atoms with Crippen LogP contribution in [-0.2, 0) is 0 Å². The number of aliphatic hydroxyl groups is 1. The van der Waals surface area contributed by atoms with Crippen LogP contribution in [0.25, 0.3) is 0 Å². The summed E-state index contributed by atoms with van der Waals surface area (Å²) in [6.07, 6.45) is 0.927. The van der Waals surface area contributed by atoms with Crippen molar-refractivity contribution in [1.82, 2.24) is 4.98 Å². The van der Waals surface area contributed by atoms with E-state index in [1.165, 1.54) is 18.3 Å². The van der Waals surface area contributed by atoms with Crippen molar-refractivity contribution in [3.8, 4) is 11.6 Å². The fourth-order valence-corrected chi connectivity index (χ4v) is 1.74. The van der Waals surface area contributed by atoms with E-state index < -0.39 is 6.10 Å². The molecule has 5 heteroatoms. The zero-order valence-corrected chi connectivity index (χ0v) is 11.2. The fraction of sp³-hybridized carbons (Fsp3) is 0.154. The quantitative estimate of drug-likeness (QED) is 0.936. The van der Waals surface area contributed by atoms with Gasteiger partial charge < -0.3 is 9.84 Å². The van der Waals surface area contributed by atoms with Crippen molar-refractivity contribution in [3.63, 3.8) is 0 Å². The third kappa shape index (κ3) is 3.05. The summed E-state index contributed by atoms with van der Waals surface area (Å²) in [5, 5.41) is 9.46. The van der Waals surface area contributed by atoms with Crippen molar-refractivity contribution in [3.05, 3.63) is 52.4 Å². The second-order valence-electron chi connectivity index (χ2n) is 3.78. The molecule has 1 aromatic carbocycles. The van der Waals surface area contributed by atoms with Gasteiger partial charge in [-0.1, -0.05) is 0 Å². The number of pyridine rings is 1. The molecule has 2 rings (SSSR count). The van der Waals surface area contributed by atoms with Crippen LogP contribution in [0.15, 0.2) is 41.0 Å². The lowest BCUT2D eigenvalue weighted by Crippen LogP contribution is -1.94. The van der Waals surface area contributed by atoms with Crippen molar-refractivity contribution in [1.29, 1.82) is 0 Å². The summed E-state index contributed by atoms with van der Waals surface area (Å²) >= 11 is 3.27.